The van der Waals surface area contributed by atoms with Crippen LogP contribution in [0, 0.1) is 27.7 Å². The largest absolute Gasteiger partial charge is 0.488 e. The van der Waals surface area contributed by atoms with Gasteiger partial charge in [0.1, 0.15) is 18.1 Å². The van der Waals surface area contributed by atoms with Crippen molar-refractivity contribution in [3.8, 4) is 5.75 Å². The van der Waals surface area contributed by atoms with E-state index in [1.807, 2.05) is 37.8 Å². The zero-order valence-corrected chi connectivity index (χ0v) is 19.4. The van der Waals surface area contributed by atoms with Crippen molar-refractivity contribution >= 4 is 5.91 Å². The highest BCUT2D eigenvalue weighted by atomic mass is 16.5. The predicted octanol–water partition coefficient (Wildman–Crippen LogP) is 4.45. The van der Waals surface area contributed by atoms with E-state index >= 15 is 0 Å². The molecule has 168 valence electrons. The number of amides is 1. The van der Waals surface area contributed by atoms with E-state index in [1.165, 1.54) is 11.1 Å². The van der Waals surface area contributed by atoms with Crippen molar-refractivity contribution in [1.29, 1.82) is 0 Å². The minimum Gasteiger partial charge on any atom is -0.488 e. The summed E-state index contributed by atoms with van der Waals surface area (Å²) in [5.74, 6) is 1.35. The third-order valence-electron chi connectivity index (χ3n) is 6.05. The molecule has 0 aliphatic carbocycles. The lowest BCUT2D eigenvalue weighted by Crippen LogP contribution is -2.48. The Morgan fingerprint density at radius 2 is 1.75 bits per heavy atom. The second-order valence-corrected chi connectivity index (χ2v) is 8.68. The van der Waals surface area contributed by atoms with Gasteiger partial charge in [-0.1, -0.05) is 47.1 Å². The molecule has 0 saturated carbocycles. The molecule has 1 aliphatic heterocycles. The SMILES string of the molecule is Cc1cccc(CN2CCN(C(=O)c3noc(C)c3COc3cc(C)ccc3C)CC2)c1. The fourth-order valence-corrected chi connectivity index (χ4v) is 4.07. The van der Waals surface area contributed by atoms with Crippen LogP contribution >= 0.6 is 0 Å². The van der Waals surface area contributed by atoms with Crippen LogP contribution in [0.3, 0.4) is 0 Å². The molecule has 32 heavy (non-hydrogen) atoms. The van der Waals surface area contributed by atoms with Crippen LogP contribution in [0.25, 0.3) is 0 Å². The van der Waals surface area contributed by atoms with Gasteiger partial charge in [0.2, 0.25) is 0 Å². The number of hydrogen-bond donors (Lipinski definition) is 0. The van der Waals surface area contributed by atoms with Gasteiger partial charge in [0.15, 0.2) is 5.69 Å². The van der Waals surface area contributed by atoms with Gasteiger partial charge in [0.25, 0.3) is 5.91 Å². The molecule has 0 bridgehead atoms. The molecular weight excluding hydrogens is 402 g/mol. The normalized spacial score (nSPS) is 14.6. The van der Waals surface area contributed by atoms with Crippen LogP contribution in [0.4, 0.5) is 0 Å². The number of benzene rings is 2. The van der Waals surface area contributed by atoms with E-state index < -0.39 is 0 Å². The van der Waals surface area contributed by atoms with Crippen molar-refractivity contribution in [2.45, 2.75) is 40.8 Å². The standard InChI is InChI=1S/C26H31N3O3/c1-18-6-5-7-22(14-18)16-28-10-12-29(13-11-28)26(30)25-23(21(4)32-27-25)17-31-24-15-19(2)8-9-20(24)3/h5-9,14-15H,10-13,16-17H2,1-4H3. The molecule has 0 radical (unpaired) electrons. The van der Waals surface area contributed by atoms with Gasteiger partial charge in [-0.2, -0.15) is 0 Å². The highest BCUT2D eigenvalue weighted by Gasteiger charge is 2.28. The van der Waals surface area contributed by atoms with Gasteiger partial charge >= 0.3 is 0 Å². The van der Waals surface area contributed by atoms with Crippen molar-refractivity contribution < 1.29 is 14.1 Å². The number of carbonyl (C=O) groups excluding carboxylic acids is 1. The van der Waals surface area contributed by atoms with E-state index in [0.717, 1.165) is 42.1 Å². The van der Waals surface area contributed by atoms with Gasteiger partial charge in [0, 0.05) is 32.7 Å². The van der Waals surface area contributed by atoms with E-state index in [0.29, 0.717) is 24.5 Å². The molecule has 6 nitrogen and oxygen atoms in total. The van der Waals surface area contributed by atoms with E-state index in [1.54, 1.807) is 0 Å². The number of nitrogens with zero attached hydrogens (tertiary/aromatic N) is 3. The quantitative estimate of drug-likeness (QED) is 0.575. The maximum Gasteiger partial charge on any atom is 0.276 e. The number of rotatable bonds is 6. The molecule has 2 aromatic carbocycles. The maximum atomic E-state index is 13.2. The number of aromatic nitrogens is 1. The summed E-state index contributed by atoms with van der Waals surface area (Å²) in [6.07, 6.45) is 0. The fraction of sp³-hybridized carbons (Fsp3) is 0.385. The van der Waals surface area contributed by atoms with Crippen molar-refractivity contribution in [1.82, 2.24) is 15.0 Å². The Morgan fingerprint density at radius 3 is 2.50 bits per heavy atom. The molecular formula is C26H31N3O3. The van der Waals surface area contributed by atoms with Crippen LogP contribution in [0.2, 0.25) is 0 Å². The van der Waals surface area contributed by atoms with E-state index in [2.05, 4.69) is 47.3 Å². The molecule has 0 unspecified atom stereocenters. The lowest BCUT2D eigenvalue weighted by Gasteiger charge is -2.34. The summed E-state index contributed by atoms with van der Waals surface area (Å²) >= 11 is 0. The highest BCUT2D eigenvalue weighted by Crippen LogP contribution is 2.23. The van der Waals surface area contributed by atoms with Gasteiger partial charge in [0.05, 0.1) is 5.56 Å². The van der Waals surface area contributed by atoms with Crippen molar-refractivity contribution in [3.63, 3.8) is 0 Å². The first-order valence-electron chi connectivity index (χ1n) is 11.1. The minimum atomic E-state index is -0.0865. The first-order chi connectivity index (χ1) is 15.4. The fourth-order valence-electron chi connectivity index (χ4n) is 4.07. The van der Waals surface area contributed by atoms with Crippen LogP contribution in [0.5, 0.6) is 5.75 Å². The second-order valence-electron chi connectivity index (χ2n) is 8.68. The molecule has 1 fully saturated rings. The molecule has 2 heterocycles. The van der Waals surface area contributed by atoms with E-state index in [4.69, 9.17) is 9.26 Å². The lowest BCUT2D eigenvalue weighted by molar-refractivity contribution is 0.0616. The smallest absolute Gasteiger partial charge is 0.276 e. The van der Waals surface area contributed by atoms with E-state index in [9.17, 15) is 4.79 Å². The maximum absolute atomic E-state index is 13.2. The molecule has 6 heteroatoms. The van der Waals surface area contributed by atoms with E-state index in [-0.39, 0.29) is 12.5 Å². The van der Waals surface area contributed by atoms with Gasteiger partial charge in [-0.05, 0) is 50.5 Å². The Bertz CT molecular complexity index is 1100. The third-order valence-corrected chi connectivity index (χ3v) is 6.05. The third kappa shape index (κ3) is 5.02. The second kappa shape index (κ2) is 9.57. The number of ether oxygens (including phenoxy) is 1. The predicted molar refractivity (Wildman–Crippen MR) is 124 cm³/mol. The summed E-state index contributed by atoms with van der Waals surface area (Å²) in [6.45, 7) is 12.2. The first kappa shape index (κ1) is 22.1. The highest BCUT2D eigenvalue weighted by molar-refractivity contribution is 5.93. The van der Waals surface area contributed by atoms with Gasteiger partial charge in [-0.3, -0.25) is 9.69 Å². The monoisotopic (exact) mass is 433 g/mol. The number of carbonyl (C=O) groups is 1. The Hall–Kier alpha value is -3.12. The topological polar surface area (TPSA) is 58.8 Å². The molecule has 0 N–H and O–H groups in total. The summed E-state index contributed by atoms with van der Waals surface area (Å²) in [5, 5.41) is 4.08. The van der Waals surface area contributed by atoms with Gasteiger partial charge in [-0.25, -0.2) is 0 Å². The average Bonchev–Trinajstić information content (AvgIpc) is 3.15. The van der Waals surface area contributed by atoms with Crippen LogP contribution in [0.1, 0.15) is 44.1 Å². The summed E-state index contributed by atoms with van der Waals surface area (Å²) < 4.78 is 11.4. The molecule has 1 saturated heterocycles. The Balaban J connectivity index is 1.38. The summed E-state index contributed by atoms with van der Waals surface area (Å²) in [6, 6.07) is 14.7. The van der Waals surface area contributed by atoms with Crippen LogP contribution in [-0.2, 0) is 13.2 Å². The Kier molecular flexibility index (Phi) is 6.61. The first-order valence-corrected chi connectivity index (χ1v) is 11.1. The van der Waals surface area contributed by atoms with Crippen molar-refractivity contribution in [2.24, 2.45) is 0 Å². The average molecular weight is 434 g/mol. The number of hydrogen-bond acceptors (Lipinski definition) is 5. The zero-order valence-electron chi connectivity index (χ0n) is 19.4. The Labute approximate surface area is 189 Å². The van der Waals surface area contributed by atoms with Crippen LogP contribution in [0.15, 0.2) is 47.0 Å². The summed E-state index contributed by atoms with van der Waals surface area (Å²) in [5.41, 5.74) is 5.85. The summed E-state index contributed by atoms with van der Waals surface area (Å²) in [7, 11) is 0. The zero-order chi connectivity index (χ0) is 22.7. The Morgan fingerprint density at radius 1 is 1.00 bits per heavy atom. The van der Waals surface area contributed by atoms with Crippen LogP contribution < -0.4 is 4.74 Å². The molecule has 1 aromatic heterocycles. The minimum absolute atomic E-state index is 0.0865. The van der Waals surface area contributed by atoms with Gasteiger partial charge in [-0.15, -0.1) is 0 Å². The molecule has 1 aliphatic rings. The summed E-state index contributed by atoms with van der Waals surface area (Å²) in [4.78, 5) is 17.5. The van der Waals surface area contributed by atoms with Gasteiger partial charge < -0.3 is 14.2 Å². The molecule has 1 amide bonds. The molecule has 3 aromatic rings. The number of piperazine rings is 1. The molecule has 0 spiro atoms. The van der Waals surface area contributed by atoms with Crippen molar-refractivity contribution in [2.75, 3.05) is 26.2 Å². The lowest BCUT2D eigenvalue weighted by atomic mass is 10.1. The molecule has 4 rings (SSSR count). The number of aryl methyl sites for hydroxylation is 4. The van der Waals surface area contributed by atoms with Crippen LogP contribution in [-0.4, -0.2) is 47.0 Å². The van der Waals surface area contributed by atoms with Crippen molar-refractivity contribution in [3.05, 3.63) is 81.7 Å². The molecule has 0 atom stereocenters.